The summed E-state index contributed by atoms with van der Waals surface area (Å²) in [4.78, 5) is 25.6. The van der Waals surface area contributed by atoms with E-state index in [2.05, 4.69) is 5.32 Å². The maximum atomic E-state index is 12.3. The Bertz CT molecular complexity index is 563. The third kappa shape index (κ3) is 6.19. The zero-order valence-electron chi connectivity index (χ0n) is 13.1. The van der Waals surface area contributed by atoms with Crippen molar-refractivity contribution in [3.8, 4) is 0 Å². The van der Waals surface area contributed by atoms with Gasteiger partial charge in [0, 0.05) is 12.2 Å². The summed E-state index contributed by atoms with van der Waals surface area (Å²) in [5.74, 6) is -1.10. The van der Waals surface area contributed by atoms with Crippen LogP contribution in [0.25, 0.3) is 0 Å². The SMILES string of the molecule is O=C(CN1CCCC(C(=O)Nc2ccccc2)C1)NCC(F)(F)F. The third-order valence-corrected chi connectivity index (χ3v) is 3.77. The molecule has 1 aromatic rings. The minimum atomic E-state index is -4.42. The van der Waals surface area contributed by atoms with E-state index in [1.54, 1.807) is 17.0 Å². The molecule has 0 aromatic heterocycles. The molecular formula is C16H20F3N3O2. The summed E-state index contributed by atoms with van der Waals surface area (Å²) in [5, 5.41) is 4.66. The highest BCUT2D eigenvalue weighted by molar-refractivity contribution is 5.92. The fourth-order valence-electron chi connectivity index (χ4n) is 2.64. The van der Waals surface area contributed by atoms with Gasteiger partial charge in [-0.2, -0.15) is 13.2 Å². The number of rotatable bonds is 5. The van der Waals surface area contributed by atoms with Crippen LogP contribution in [0.2, 0.25) is 0 Å². The topological polar surface area (TPSA) is 61.4 Å². The zero-order valence-corrected chi connectivity index (χ0v) is 13.1. The van der Waals surface area contributed by atoms with E-state index in [4.69, 9.17) is 0 Å². The highest BCUT2D eigenvalue weighted by Gasteiger charge is 2.30. The molecule has 1 heterocycles. The Morgan fingerprint density at radius 2 is 1.92 bits per heavy atom. The van der Waals surface area contributed by atoms with Crippen LogP contribution in [-0.4, -0.2) is 49.1 Å². The third-order valence-electron chi connectivity index (χ3n) is 3.77. The Morgan fingerprint density at radius 1 is 1.21 bits per heavy atom. The quantitative estimate of drug-likeness (QED) is 0.860. The number of amides is 2. The number of carbonyl (C=O) groups is 2. The maximum absolute atomic E-state index is 12.3. The molecule has 0 radical (unpaired) electrons. The van der Waals surface area contributed by atoms with Crippen LogP contribution in [0.1, 0.15) is 12.8 Å². The monoisotopic (exact) mass is 343 g/mol. The summed E-state index contributed by atoms with van der Waals surface area (Å²) >= 11 is 0. The molecule has 0 spiro atoms. The number of carbonyl (C=O) groups excluding carboxylic acids is 2. The van der Waals surface area contributed by atoms with Gasteiger partial charge in [0.1, 0.15) is 6.54 Å². The van der Waals surface area contributed by atoms with Gasteiger partial charge in [-0.3, -0.25) is 14.5 Å². The lowest BCUT2D eigenvalue weighted by Crippen LogP contribution is -2.46. The number of nitrogens with zero attached hydrogens (tertiary/aromatic N) is 1. The van der Waals surface area contributed by atoms with Crippen molar-refractivity contribution >= 4 is 17.5 Å². The molecule has 2 rings (SSSR count). The Balaban J connectivity index is 1.80. The molecular weight excluding hydrogens is 323 g/mol. The van der Waals surface area contributed by atoms with E-state index in [9.17, 15) is 22.8 Å². The van der Waals surface area contributed by atoms with E-state index in [1.807, 2.05) is 23.5 Å². The number of hydrogen-bond donors (Lipinski definition) is 2. The Kier molecular flexibility index (Phi) is 6.19. The van der Waals surface area contributed by atoms with Gasteiger partial charge in [0.15, 0.2) is 0 Å². The number of halogens is 3. The Morgan fingerprint density at radius 3 is 2.58 bits per heavy atom. The molecule has 24 heavy (non-hydrogen) atoms. The fourth-order valence-corrected chi connectivity index (χ4v) is 2.64. The van der Waals surface area contributed by atoms with Crippen LogP contribution in [0.15, 0.2) is 30.3 Å². The largest absolute Gasteiger partial charge is 0.405 e. The van der Waals surface area contributed by atoms with Gasteiger partial charge >= 0.3 is 6.18 Å². The van der Waals surface area contributed by atoms with E-state index in [1.165, 1.54) is 0 Å². The van der Waals surface area contributed by atoms with E-state index >= 15 is 0 Å². The van der Waals surface area contributed by atoms with Crippen LogP contribution < -0.4 is 10.6 Å². The van der Waals surface area contributed by atoms with Crippen LogP contribution in [0.4, 0.5) is 18.9 Å². The number of piperidine rings is 1. The summed E-state index contributed by atoms with van der Waals surface area (Å²) in [7, 11) is 0. The van der Waals surface area contributed by atoms with Crippen LogP contribution in [0, 0.1) is 5.92 Å². The molecule has 1 unspecified atom stereocenters. The van der Waals surface area contributed by atoms with Crippen LogP contribution >= 0.6 is 0 Å². The van der Waals surface area contributed by atoms with Gasteiger partial charge in [0.25, 0.3) is 0 Å². The van der Waals surface area contributed by atoms with Gasteiger partial charge in [0.05, 0.1) is 12.5 Å². The minimum absolute atomic E-state index is 0.134. The Hall–Kier alpha value is -2.09. The van der Waals surface area contributed by atoms with Gasteiger partial charge in [0.2, 0.25) is 11.8 Å². The number of benzene rings is 1. The van der Waals surface area contributed by atoms with Crippen molar-refractivity contribution in [1.82, 2.24) is 10.2 Å². The maximum Gasteiger partial charge on any atom is 0.405 e. The first-order chi connectivity index (χ1) is 11.3. The van der Waals surface area contributed by atoms with Gasteiger partial charge < -0.3 is 10.6 Å². The first kappa shape index (κ1) is 18.3. The van der Waals surface area contributed by atoms with Gasteiger partial charge in [-0.15, -0.1) is 0 Å². The second-order valence-corrected chi connectivity index (χ2v) is 5.82. The number of nitrogens with one attached hydrogen (secondary N) is 2. The van der Waals surface area contributed by atoms with Gasteiger partial charge in [-0.25, -0.2) is 0 Å². The summed E-state index contributed by atoms with van der Waals surface area (Å²) in [6.07, 6.45) is -3.01. The average molecular weight is 343 g/mol. The number of alkyl halides is 3. The highest BCUT2D eigenvalue weighted by atomic mass is 19.4. The average Bonchev–Trinajstić information content (AvgIpc) is 2.53. The normalized spacial score (nSPS) is 18.9. The standard InChI is InChI=1S/C16H20F3N3O2/c17-16(18,19)11-20-14(23)10-22-8-4-5-12(9-22)15(24)21-13-6-2-1-3-7-13/h1-3,6-7,12H,4-5,8-11H2,(H,20,23)(H,21,24). The van der Waals surface area contributed by atoms with Crippen molar-refractivity contribution in [2.75, 3.05) is 31.5 Å². The van der Waals surface area contributed by atoms with E-state index in [0.717, 1.165) is 6.42 Å². The van der Waals surface area contributed by atoms with Crippen LogP contribution in [0.5, 0.6) is 0 Å². The summed E-state index contributed by atoms with van der Waals surface area (Å²) in [5.41, 5.74) is 0.697. The molecule has 1 atom stereocenters. The lowest BCUT2D eigenvalue weighted by atomic mass is 9.97. The van der Waals surface area contributed by atoms with Crippen LogP contribution in [-0.2, 0) is 9.59 Å². The number of hydrogen-bond acceptors (Lipinski definition) is 3. The van der Waals surface area contributed by atoms with Crippen LogP contribution in [0.3, 0.4) is 0 Å². The molecule has 1 saturated heterocycles. The second-order valence-electron chi connectivity index (χ2n) is 5.82. The molecule has 1 aliphatic heterocycles. The first-order valence-electron chi connectivity index (χ1n) is 7.75. The lowest BCUT2D eigenvalue weighted by molar-refractivity contribution is -0.139. The molecule has 1 fully saturated rings. The molecule has 2 N–H and O–H groups in total. The van der Waals surface area contributed by atoms with Crippen molar-refractivity contribution in [3.63, 3.8) is 0 Å². The summed E-state index contributed by atoms with van der Waals surface area (Å²) in [6, 6.07) is 9.03. The minimum Gasteiger partial charge on any atom is -0.346 e. The Labute approximate surface area is 138 Å². The number of anilines is 1. The molecule has 2 amide bonds. The first-order valence-corrected chi connectivity index (χ1v) is 7.75. The highest BCUT2D eigenvalue weighted by Crippen LogP contribution is 2.19. The zero-order chi connectivity index (χ0) is 17.6. The smallest absolute Gasteiger partial charge is 0.346 e. The lowest BCUT2D eigenvalue weighted by Gasteiger charge is -2.31. The van der Waals surface area contributed by atoms with E-state index < -0.39 is 18.6 Å². The molecule has 0 aliphatic carbocycles. The summed E-state index contributed by atoms with van der Waals surface area (Å²) < 4.78 is 36.3. The molecule has 1 aromatic carbocycles. The molecule has 8 heteroatoms. The van der Waals surface area contributed by atoms with Gasteiger partial charge in [-0.05, 0) is 31.5 Å². The van der Waals surface area contributed by atoms with E-state index in [0.29, 0.717) is 25.2 Å². The number of para-hydroxylation sites is 1. The van der Waals surface area contributed by atoms with Crippen molar-refractivity contribution < 1.29 is 22.8 Å². The van der Waals surface area contributed by atoms with Crippen molar-refractivity contribution in [2.24, 2.45) is 5.92 Å². The molecule has 5 nitrogen and oxygen atoms in total. The molecule has 0 saturated carbocycles. The fraction of sp³-hybridized carbons (Fsp3) is 0.500. The van der Waals surface area contributed by atoms with E-state index in [-0.39, 0.29) is 18.4 Å². The second kappa shape index (κ2) is 8.14. The summed E-state index contributed by atoms with van der Waals surface area (Å²) in [6.45, 7) is -0.518. The molecule has 1 aliphatic rings. The van der Waals surface area contributed by atoms with Crippen molar-refractivity contribution in [1.29, 1.82) is 0 Å². The molecule has 132 valence electrons. The van der Waals surface area contributed by atoms with Crippen molar-refractivity contribution in [3.05, 3.63) is 30.3 Å². The molecule has 0 bridgehead atoms. The number of likely N-dealkylation sites (tertiary alicyclic amines) is 1. The predicted molar refractivity (Wildman–Crippen MR) is 83.3 cm³/mol. The van der Waals surface area contributed by atoms with Crippen molar-refractivity contribution in [2.45, 2.75) is 19.0 Å². The predicted octanol–water partition coefficient (Wildman–Crippen LogP) is 2.02. The van der Waals surface area contributed by atoms with Gasteiger partial charge in [-0.1, -0.05) is 18.2 Å².